The van der Waals surface area contributed by atoms with Crippen LogP contribution in [0.15, 0.2) is 65.8 Å². The maximum Gasteiger partial charge on any atom is 0.229 e. The van der Waals surface area contributed by atoms with Gasteiger partial charge >= 0.3 is 0 Å². The van der Waals surface area contributed by atoms with Gasteiger partial charge in [0.2, 0.25) is 5.95 Å². The molecule has 3 heterocycles. The molecular weight excluding hydrogens is 356 g/mol. The van der Waals surface area contributed by atoms with E-state index in [0.29, 0.717) is 6.54 Å². The first kappa shape index (κ1) is 14.0. The Morgan fingerprint density at radius 2 is 1.91 bits per heavy atom. The van der Waals surface area contributed by atoms with E-state index in [1.807, 2.05) is 33.5 Å². The molecule has 0 radical (unpaired) electrons. The summed E-state index contributed by atoms with van der Waals surface area (Å²) >= 11 is 3.46. The molecule has 0 aliphatic heterocycles. The highest BCUT2D eigenvalue weighted by Gasteiger charge is 2.05. The van der Waals surface area contributed by atoms with E-state index < -0.39 is 0 Å². The highest BCUT2D eigenvalue weighted by molar-refractivity contribution is 9.10. The van der Waals surface area contributed by atoms with Gasteiger partial charge in [-0.25, -0.2) is 4.98 Å². The summed E-state index contributed by atoms with van der Waals surface area (Å²) in [6, 6.07) is 12.2. The van der Waals surface area contributed by atoms with Crippen molar-refractivity contribution in [2.45, 2.75) is 6.54 Å². The molecule has 4 rings (SSSR count). The zero-order valence-electron chi connectivity index (χ0n) is 12.1. The van der Waals surface area contributed by atoms with Gasteiger partial charge in [-0.3, -0.25) is 4.40 Å². The van der Waals surface area contributed by atoms with Crippen LogP contribution in [0.1, 0.15) is 5.56 Å². The summed E-state index contributed by atoms with van der Waals surface area (Å²) in [5.74, 6) is 0.722. The van der Waals surface area contributed by atoms with Gasteiger partial charge in [-0.05, 0) is 45.8 Å². The van der Waals surface area contributed by atoms with Crippen molar-refractivity contribution < 1.29 is 0 Å². The Morgan fingerprint density at radius 1 is 1.04 bits per heavy atom. The zero-order valence-corrected chi connectivity index (χ0v) is 13.7. The predicted octanol–water partition coefficient (Wildman–Crippen LogP) is 3.29. The number of halogens is 1. The normalized spacial score (nSPS) is 11.0. The summed E-state index contributed by atoms with van der Waals surface area (Å²) in [6.45, 7) is 0.678. The van der Waals surface area contributed by atoms with Crippen LogP contribution in [0.25, 0.3) is 11.3 Å². The molecular formula is C16H13BrN6. The summed E-state index contributed by atoms with van der Waals surface area (Å²) in [7, 11) is 0. The first-order valence-electron chi connectivity index (χ1n) is 7.11. The maximum atomic E-state index is 4.18. The third-order valence-electron chi connectivity index (χ3n) is 3.56. The number of pyridine rings is 1. The molecule has 4 aromatic rings. The van der Waals surface area contributed by atoms with Crippen molar-refractivity contribution >= 4 is 27.5 Å². The molecule has 7 heteroatoms. The third-order valence-corrected chi connectivity index (χ3v) is 4.02. The smallest absolute Gasteiger partial charge is 0.229 e. The number of nitrogens with one attached hydrogen (secondary N) is 1. The monoisotopic (exact) mass is 368 g/mol. The van der Waals surface area contributed by atoms with Crippen LogP contribution in [0, 0.1) is 0 Å². The second-order valence-corrected chi connectivity index (χ2v) is 6.00. The van der Waals surface area contributed by atoms with Gasteiger partial charge in [0.25, 0.3) is 0 Å². The van der Waals surface area contributed by atoms with Gasteiger partial charge in [-0.2, -0.15) is 0 Å². The molecule has 23 heavy (non-hydrogen) atoms. The minimum atomic E-state index is 0.678. The Labute approximate surface area is 140 Å². The number of imidazole rings is 1. The maximum absolute atomic E-state index is 4.18. The standard InChI is InChI=1S/C16H13BrN6/c17-13-3-6-15-20-21-16(23(15)10-13)19-9-12-1-4-14(5-2-12)22-8-7-18-11-22/h1-8,10-11H,9H2,(H,19,21). The van der Waals surface area contributed by atoms with Crippen molar-refractivity contribution in [3.05, 3.63) is 71.4 Å². The first-order chi connectivity index (χ1) is 11.3. The Kier molecular flexibility index (Phi) is 3.55. The Bertz CT molecular complexity index is 927. The number of hydrogen-bond donors (Lipinski definition) is 1. The number of anilines is 1. The lowest BCUT2D eigenvalue weighted by molar-refractivity contribution is 1.02. The second kappa shape index (κ2) is 5.85. The van der Waals surface area contributed by atoms with Crippen molar-refractivity contribution in [1.29, 1.82) is 0 Å². The van der Waals surface area contributed by atoms with E-state index in [-0.39, 0.29) is 0 Å². The first-order valence-corrected chi connectivity index (χ1v) is 7.90. The number of benzene rings is 1. The summed E-state index contributed by atoms with van der Waals surface area (Å²) in [5.41, 5.74) is 3.06. The number of nitrogens with zero attached hydrogens (tertiary/aromatic N) is 5. The van der Waals surface area contributed by atoms with E-state index in [1.54, 1.807) is 12.5 Å². The molecule has 0 spiro atoms. The molecule has 0 saturated carbocycles. The Morgan fingerprint density at radius 3 is 2.70 bits per heavy atom. The third kappa shape index (κ3) is 2.83. The summed E-state index contributed by atoms with van der Waals surface area (Å²) in [4.78, 5) is 4.06. The molecule has 114 valence electrons. The van der Waals surface area contributed by atoms with Crippen molar-refractivity contribution in [1.82, 2.24) is 24.1 Å². The lowest BCUT2D eigenvalue weighted by Crippen LogP contribution is -2.03. The average molecular weight is 369 g/mol. The van der Waals surface area contributed by atoms with Crippen LogP contribution < -0.4 is 5.32 Å². The SMILES string of the molecule is Brc1ccc2nnc(NCc3ccc(-n4ccnc4)cc3)n2c1. The second-order valence-electron chi connectivity index (χ2n) is 5.09. The summed E-state index contributed by atoms with van der Waals surface area (Å²) in [6.07, 6.45) is 7.42. The lowest BCUT2D eigenvalue weighted by atomic mass is 10.2. The molecule has 3 aromatic heterocycles. The largest absolute Gasteiger partial charge is 0.350 e. The van der Waals surface area contributed by atoms with Gasteiger partial charge in [0.15, 0.2) is 5.65 Å². The van der Waals surface area contributed by atoms with Crippen molar-refractivity contribution in [2.75, 3.05) is 5.32 Å². The lowest BCUT2D eigenvalue weighted by Gasteiger charge is -2.07. The van der Waals surface area contributed by atoms with E-state index in [2.05, 4.69) is 60.7 Å². The quantitative estimate of drug-likeness (QED) is 0.600. The van der Waals surface area contributed by atoms with Crippen LogP contribution in [0.3, 0.4) is 0 Å². The van der Waals surface area contributed by atoms with Crippen LogP contribution in [0.2, 0.25) is 0 Å². The minimum Gasteiger partial charge on any atom is -0.350 e. The van der Waals surface area contributed by atoms with Crippen LogP contribution in [0.4, 0.5) is 5.95 Å². The fourth-order valence-electron chi connectivity index (χ4n) is 2.36. The number of rotatable bonds is 4. The average Bonchev–Trinajstić information content (AvgIpc) is 3.23. The number of hydrogen-bond acceptors (Lipinski definition) is 4. The Hall–Kier alpha value is -2.67. The predicted molar refractivity (Wildman–Crippen MR) is 91.6 cm³/mol. The number of fused-ring (bicyclic) bond motifs is 1. The van der Waals surface area contributed by atoms with Crippen molar-refractivity contribution in [3.63, 3.8) is 0 Å². The molecule has 0 aliphatic carbocycles. The molecule has 0 aliphatic rings. The van der Waals surface area contributed by atoms with Gasteiger partial charge in [0.05, 0.1) is 6.33 Å². The van der Waals surface area contributed by atoms with Crippen LogP contribution in [-0.4, -0.2) is 24.1 Å². The van der Waals surface area contributed by atoms with E-state index in [1.165, 1.54) is 5.56 Å². The fourth-order valence-corrected chi connectivity index (χ4v) is 2.70. The molecule has 0 amide bonds. The van der Waals surface area contributed by atoms with Gasteiger partial charge in [-0.15, -0.1) is 10.2 Å². The molecule has 0 atom stereocenters. The van der Waals surface area contributed by atoms with E-state index >= 15 is 0 Å². The van der Waals surface area contributed by atoms with E-state index in [9.17, 15) is 0 Å². The van der Waals surface area contributed by atoms with E-state index in [4.69, 9.17) is 0 Å². The molecule has 1 N–H and O–H groups in total. The highest BCUT2D eigenvalue weighted by atomic mass is 79.9. The Balaban J connectivity index is 1.51. The molecule has 6 nitrogen and oxygen atoms in total. The minimum absolute atomic E-state index is 0.678. The topological polar surface area (TPSA) is 60.0 Å². The van der Waals surface area contributed by atoms with Gasteiger partial charge in [0, 0.05) is 35.3 Å². The highest BCUT2D eigenvalue weighted by Crippen LogP contribution is 2.16. The molecule has 0 saturated heterocycles. The fraction of sp³-hybridized carbons (Fsp3) is 0.0625. The summed E-state index contributed by atoms with van der Waals surface area (Å²) in [5, 5.41) is 11.6. The van der Waals surface area contributed by atoms with E-state index in [0.717, 1.165) is 21.8 Å². The zero-order chi connectivity index (χ0) is 15.6. The molecule has 0 bridgehead atoms. The number of aromatic nitrogens is 5. The molecule has 0 fully saturated rings. The summed E-state index contributed by atoms with van der Waals surface area (Å²) < 4.78 is 4.88. The van der Waals surface area contributed by atoms with Crippen LogP contribution >= 0.6 is 15.9 Å². The van der Waals surface area contributed by atoms with Gasteiger partial charge in [0.1, 0.15) is 0 Å². The molecule has 0 unspecified atom stereocenters. The van der Waals surface area contributed by atoms with Crippen LogP contribution in [0.5, 0.6) is 0 Å². The van der Waals surface area contributed by atoms with Gasteiger partial charge in [-0.1, -0.05) is 12.1 Å². The molecule has 1 aromatic carbocycles. The van der Waals surface area contributed by atoms with Gasteiger partial charge < -0.3 is 9.88 Å². The van der Waals surface area contributed by atoms with Crippen LogP contribution in [-0.2, 0) is 6.54 Å². The van der Waals surface area contributed by atoms with Crippen molar-refractivity contribution in [2.24, 2.45) is 0 Å². The van der Waals surface area contributed by atoms with Crippen molar-refractivity contribution in [3.8, 4) is 5.69 Å².